The van der Waals surface area contributed by atoms with E-state index in [-0.39, 0.29) is 22.2 Å². The zero-order valence-electron chi connectivity index (χ0n) is 9.84. The predicted molar refractivity (Wildman–Crippen MR) is 83.5 cm³/mol. The summed E-state index contributed by atoms with van der Waals surface area (Å²) in [6.45, 7) is 0.998. The van der Waals surface area contributed by atoms with Crippen LogP contribution in [0.25, 0.3) is 0 Å². The van der Waals surface area contributed by atoms with Gasteiger partial charge in [-0.15, -0.1) is 0 Å². The number of nitrogens with one attached hydrogen (secondary N) is 2. The molecule has 8 heteroatoms. The Morgan fingerprint density at radius 2 is 1.50 bits per heavy atom. The van der Waals surface area contributed by atoms with Gasteiger partial charge >= 0.3 is 0 Å². The molecule has 0 fully saturated rings. The Balaban J connectivity index is 3.37. The zero-order valence-corrected chi connectivity index (χ0v) is 14.2. The number of carbonyl (C=O) groups is 3. The highest BCUT2D eigenvalue weighted by Crippen LogP contribution is 1.96. The molecule has 0 saturated carbocycles. The first-order valence-electron chi connectivity index (χ1n) is 5.51. The van der Waals surface area contributed by atoms with E-state index >= 15 is 0 Å². The van der Waals surface area contributed by atoms with Crippen LogP contribution in [0, 0.1) is 0 Å². The van der Waals surface area contributed by atoms with Gasteiger partial charge in [0, 0.05) is 25.9 Å². The lowest BCUT2D eigenvalue weighted by Crippen LogP contribution is -2.29. The van der Waals surface area contributed by atoms with E-state index in [2.05, 4.69) is 13.7 Å². The van der Waals surface area contributed by atoms with E-state index in [9.17, 15) is 14.4 Å². The summed E-state index contributed by atoms with van der Waals surface area (Å²) < 4.78 is 4.72. The maximum atomic E-state index is 11.3. The molecule has 0 saturated heterocycles. The number of carbonyl (C=O) groups excluding carboxylic acids is 3. The standard InChI is InChI=1S/C10H16I2N2O4/c11-8(15)3-1-5-13-9(16)4-2-6-14-10(17)7-18-12/h1-7H2,(H,13,16)(H,14,17). The molecule has 0 aliphatic heterocycles. The third-order valence-corrected chi connectivity index (χ3v) is 2.81. The maximum absolute atomic E-state index is 11.3. The molecular weight excluding hydrogens is 466 g/mol. The van der Waals surface area contributed by atoms with E-state index in [0.29, 0.717) is 38.8 Å². The van der Waals surface area contributed by atoms with Crippen LogP contribution >= 0.6 is 45.6 Å². The van der Waals surface area contributed by atoms with Crippen LogP contribution in [0.1, 0.15) is 25.7 Å². The van der Waals surface area contributed by atoms with Gasteiger partial charge in [0.2, 0.25) is 11.8 Å². The highest BCUT2D eigenvalue weighted by molar-refractivity contribution is 14.1. The second-order valence-electron chi connectivity index (χ2n) is 3.52. The first-order chi connectivity index (χ1) is 8.56. The summed E-state index contributed by atoms with van der Waals surface area (Å²) in [7, 11) is 0. The molecule has 18 heavy (non-hydrogen) atoms. The molecule has 0 aliphatic rings. The molecule has 0 unspecified atom stereocenters. The van der Waals surface area contributed by atoms with Crippen molar-refractivity contribution in [3.05, 3.63) is 0 Å². The van der Waals surface area contributed by atoms with E-state index in [1.807, 2.05) is 0 Å². The van der Waals surface area contributed by atoms with Crippen molar-refractivity contribution in [2.75, 3.05) is 19.7 Å². The topological polar surface area (TPSA) is 84.5 Å². The van der Waals surface area contributed by atoms with Gasteiger partial charge in [0.25, 0.3) is 0 Å². The maximum Gasteiger partial charge on any atom is 0.247 e. The molecule has 0 aromatic rings. The van der Waals surface area contributed by atoms with Crippen molar-refractivity contribution in [2.24, 2.45) is 0 Å². The van der Waals surface area contributed by atoms with Gasteiger partial charge in [0.1, 0.15) is 29.6 Å². The van der Waals surface area contributed by atoms with Gasteiger partial charge in [-0.25, -0.2) is 0 Å². The average Bonchev–Trinajstić information content (AvgIpc) is 2.30. The minimum absolute atomic E-state index is 0.0249. The quantitative estimate of drug-likeness (QED) is 0.278. The summed E-state index contributed by atoms with van der Waals surface area (Å²) in [5, 5.41) is 5.34. The van der Waals surface area contributed by atoms with Gasteiger partial charge in [-0.1, -0.05) is 0 Å². The molecule has 0 atom stereocenters. The Morgan fingerprint density at radius 1 is 0.944 bits per heavy atom. The predicted octanol–water partition coefficient (Wildman–Crippen LogP) is 1.11. The van der Waals surface area contributed by atoms with Crippen molar-refractivity contribution < 1.29 is 17.4 Å². The summed E-state index contributed by atoms with van der Waals surface area (Å²) in [4.78, 5) is 32.9. The molecule has 0 aromatic heterocycles. The first-order valence-corrected chi connectivity index (χ1v) is 7.47. The normalized spacial score (nSPS) is 9.89. The summed E-state index contributed by atoms with van der Waals surface area (Å²) >= 11 is 3.39. The Hall–Kier alpha value is 0.0300. The van der Waals surface area contributed by atoms with Gasteiger partial charge in [-0.05, 0) is 35.4 Å². The van der Waals surface area contributed by atoms with E-state index in [1.54, 1.807) is 45.6 Å². The van der Waals surface area contributed by atoms with Crippen LogP contribution in [0.15, 0.2) is 0 Å². The molecule has 2 N–H and O–H groups in total. The molecule has 0 rings (SSSR count). The number of halogens is 2. The molecule has 0 aliphatic carbocycles. The summed E-state index contributed by atoms with van der Waals surface area (Å²) in [6.07, 6.45) is 2.10. The summed E-state index contributed by atoms with van der Waals surface area (Å²) in [5.74, 6) is -0.249. The molecule has 0 radical (unpaired) electrons. The lowest BCUT2D eigenvalue weighted by molar-refractivity contribution is -0.123. The Kier molecular flexibility index (Phi) is 12.1. The molecule has 0 aromatic carbocycles. The van der Waals surface area contributed by atoms with Crippen molar-refractivity contribution in [1.29, 1.82) is 0 Å². The lowest BCUT2D eigenvalue weighted by atomic mass is 10.2. The number of hydrogen-bond donors (Lipinski definition) is 2. The van der Waals surface area contributed by atoms with Crippen molar-refractivity contribution in [2.45, 2.75) is 25.7 Å². The average molecular weight is 482 g/mol. The monoisotopic (exact) mass is 482 g/mol. The molecule has 2 amide bonds. The lowest BCUT2D eigenvalue weighted by Gasteiger charge is -2.05. The van der Waals surface area contributed by atoms with E-state index in [1.165, 1.54) is 0 Å². The highest BCUT2D eigenvalue weighted by Gasteiger charge is 2.03. The van der Waals surface area contributed by atoms with E-state index < -0.39 is 0 Å². The Morgan fingerprint density at radius 3 is 2.06 bits per heavy atom. The van der Waals surface area contributed by atoms with Crippen molar-refractivity contribution in [3.63, 3.8) is 0 Å². The molecule has 6 nitrogen and oxygen atoms in total. The highest BCUT2D eigenvalue weighted by atomic mass is 127. The van der Waals surface area contributed by atoms with Crippen molar-refractivity contribution >= 4 is 61.2 Å². The third kappa shape index (κ3) is 12.5. The Labute approximate surface area is 134 Å². The summed E-state index contributed by atoms with van der Waals surface area (Å²) in [6, 6.07) is 0. The van der Waals surface area contributed by atoms with Crippen LogP contribution in [-0.2, 0) is 17.4 Å². The van der Waals surface area contributed by atoms with Crippen LogP contribution in [0.2, 0.25) is 0 Å². The molecular formula is C10H16I2N2O4. The van der Waals surface area contributed by atoms with Gasteiger partial charge in [-0.3, -0.25) is 14.4 Å². The molecule has 0 spiro atoms. The first kappa shape index (κ1) is 18.0. The van der Waals surface area contributed by atoms with Crippen molar-refractivity contribution in [3.8, 4) is 0 Å². The fourth-order valence-corrected chi connectivity index (χ4v) is 1.79. The van der Waals surface area contributed by atoms with Gasteiger partial charge in [-0.2, -0.15) is 0 Å². The number of hydrogen-bond acceptors (Lipinski definition) is 4. The van der Waals surface area contributed by atoms with Crippen LogP contribution in [0.4, 0.5) is 0 Å². The fraction of sp³-hybridized carbons (Fsp3) is 0.700. The minimum Gasteiger partial charge on any atom is -0.356 e. The van der Waals surface area contributed by atoms with Gasteiger partial charge in [0.05, 0.1) is 0 Å². The number of amides is 2. The van der Waals surface area contributed by atoms with Crippen LogP contribution in [-0.4, -0.2) is 35.3 Å². The molecule has 0 heterocycles. The van der Waals surface area contributed by atoms with E-state index in [4.69, 9.17) is 0 Å². The zero-order chi connectivity index (χ0) is 13.8. The molecule has 104 valence electrons. The SMILES string of the molecule is O=C(I)CCCNC(=O)CCCNC(=O)COI. The second kappa shape index (κ2) is 12.1. The third-order valence-electron chi connectivity index (χ3n) is 1.96. The Bertz CT molecular complexity index is 287. The van der Waals surface area contributed by atoms with Crippen LogP contribution < -0.4 is 10.6 Å². The van der Waals surface area contributed by atoms with Crippen LogP contribution in [0.3, 0.4) is 0 Å². The van der Waals surface area contributed by atoms with Crippen LogP contribution in [0.5, 0.6) is 0 Å². The van der Waals surface area contributed by atoms with Crippen molar-refractivity contribution in [1.82, 2.24) is 10.6 Å². The fourth-order valence-electron chi connectivity index (χ4n) is 1.12. The smallest absolute Gasteiger partial charge is 0.247 e. The molecule has 0 bridgehead atoms. The van der Waals surface area contributed by atoms with Gasteiger partial charge in [0.15, 0.2) is 3.79 Å². The largest absolute Gasteiger partial charge is 0.356 e. The minimum atomic E-state index is -0.189. The summed E-state index contributed by atoms with van der Waals surface area (Å²) in [5.41, 5.74) is 0. The van der Waals surface area contributed by atoms with Gasteiger partial charge < -0.3 is 13.7 Å². The second-order valence-corrected chi connectivity index (χ2v) is 5.34. The number of rotatable bonds is 10. The van der Waals surface area contributed by atoms with E-state index in [0.717, 1.165) is 0 Å².